The van der Waals surface area contributed by atoms with Crippen LogP contribution in [0.3, 0.4) is 0 Å². The number of aliphatic carboxylic acids is 1. The third-order valence-electron chi connectivity index (χ3n) is 3.08. The van der Waals surface area contributed by atoms with Crippen LogP contribution in [-0.2, 0) is 14.8 Å². The second kappa shape index (κ2) is 5.71. The molecule has 6 nitrogen and oxygen atoms in total. The first kappa shape index (κ1) is 15.3. The lowest BCUT2D eigenvalue weighted by Crippen LogP contribution is -2.42. The number of hydrogen-bond donors (Lipinski definition) is 2. The molecular weight excluding hydrogens is 350 g/mol. The van der Waals surface area contributed by atoms with Crippen molar-refractivity contribution >= 4 is 31.9 Å². The zero-order valence-electron chi connectivity index (χ0n) is 10.7. The Morgan fingerprint density at radius 3 is 2.60 bits per heavy atom. The highest BCUT2D eigenvalue weighted by atomic mass is 79.9. The van der Waals surface area contributed by atoms with Gasteiger partial charge in [0, 0.05) is 0 Å². The first-order valence-corrected chi connectivity index (χ1v) is 8.21. The summed E-state index contributed by atoms with van der Waals surface area (Å²) in [7, 11) is -2.40. The minimum atomic E-state index is -3.87. The van der Waals surface area contributed by atoms with Crippen molar-refractivity contribution in [1.82, 2.24) is 4.72 Å². The van der Waals surface area contributed by atoms with Crippen LogP contribution in [0, 0.1) is 5.92 Å². The van der Waals surface area contributed by atoms with Gasteiger partial charge in [-0.25, -0.2) is 8.42 Å². The van der Waals surface area contributed by atoms with Crippen LogP contribution in [0.2, 0.25) is 0 Å². The molecule has 1 aliphatic rings. The lowest BCUT2D eigenvalue weighted by molar-refractivity contribution is -0.139. The zero-order valence-corrected chi connectivity index (χ0v) is 13.1. The van der Waals surface area contributed by atoms with Crippen molar-refractivity contribution in [2.75, 3.05) is 7.11 Å². The molecule has 0 radical (unpaired) electrons. The summed E-state index contributed by atoms with van der Waals surface area (Å²) < 4.78 is 32.1. The number of carboxylic acid groups (broad SMARTS) is 1. The quantitative estimate of drug-likeness (QED) is 0.800. The lowest BCUT2D eigenvalue weighted by atomic mass is 10.2. The second-order valence-electron chi connectivity index (χ2n) is 4.57. The highest BCUT2D eigenvalue weighted by Crippen LogP contribution is 2.34. The molecule has 0 saturated heterocycles. The predicted octanol–water partition coefficient (Wildman–Crippen LogP) is 1.60. The molecular formula is C12H14BrNO5S. The fraction of sp³-hybridized carbons (Fsp3) is 0.417. The maximum absolute atomic E-state index is 12.2. The van der Waals surface area contributed by atoms with E-state index in [4.69, 9.17) is 9.84 Å². The molecule has 0 aromatic heterocycles. The van der Waals surface area contributed by atoms with Crippen LogP contribution in [0.4, 0.5) is 0 Å². The Morgan fingerprint density at radius 2 is 2.15 bits per heavy atom. The zero-order chi connectivity index (χ0) is 14.9. The molecule has 2 rings (SSSR count). The van der Waals surface area contributed by atoms with Crippen LogP contribution in [0.15, 0.2) is 27.6 Å². The summed E-state index contributed by atoms with van der Waals surface area (Å²) in [6, 6.07) is 3.19. The van der Waals surface area contributed by atoms with E-state index in [0.29, 0.717) is 10.2 Å². The number of hydrogen-bond acceptors (Lipinski definition) is 4. The number of halogens is 1. The molecule has 0 bridgehead atoms. The third kappa shape index (κ3) is 3.31. The van der Waals surface area contributed by atoms with E-state index in [1.165, 1.54) is 25.3 Å². The Labute approximate surface area is 125 Å². The van der Waals surface area contributed by atoms with E-state index in [1.54, 1.807) is 0 Å². The van der Waals surface area contributed by atoms with Gasteiger partial charge in [-0.15, -0.1) is 0 Å². The van der Waals surface area contributed by atoms with Crippen LogP contribution in [-0.4, -0.2) is 32.6 Å². The van der Waals surface area contributed by atoms with E-state index in [9.17, 15) is 13.2 Å². The van der Waals surface area contributed by atoms with Crippen molar-refractivity contribution in [2.45, 2.75) is 23.8 Å². The fourth-order valence-corrected chi connectivity index (χ4v) is 3.80. The predicted molar refractivity (Wildman–Crippen MR) is 75.2 cm³/mol. The summed E-state index contributed by atoms with van der Waals surface area (Å²) >= 11 is 3.20. The van der Waals surface area contributed by atoms with Gasteiger partial charge in [-0.2, -0.15) is 4.72 Å². The van der Waals surface area contributed by atoms with E-state index in [1.807, 2.05) is 0 Å². The highest BCUT2D eigenvalue weighted by Gasteiger charge is 2.39. The molecule has 1 aromatic carbocycles. The van der Waals surface area contributed by atoms with Gasteiger partial charge < -0.3 is 9.84 Å². The van der Waals surface area contributed by atoms with Gasteiger partial charge in [0.1, 0.15) is 11.8 Å². The minimum absolute atomic E-state index is 0.00271. The average Bonchev–Trinajstić information content (AvgIpc) is 3.19. The number of carbonyl (C=O) groups is 1. The summed E-state index contributed by atoms with van der Waals surface area (Å²) in [5, 5.41) is 9.07. The molecule has 0 spiro atoms. The Hall–Kier alpha value is -1.12. The van der Waals surface area contributed by atoms with Crippen molar-refractivity contribution in [3.63, 3.8) is 0 Å². The van der Waals surface area contributed by atoms with Gasteiger partial charge in [-0.05, 0) is 52.9 Å². The second-order valence-corrected chi connectivity index (χ2v) is 7.14. The maximum atomic E-state index is 12.2. The number of methoxy groups -OCH3 is 1. The summed E-state index contributed by atoms with van der Waals surface area (Å²) in [5.41, 5.74) is 0. The van der Waals surface area contributed by atoms with Crippen LogP contribution < -0.4 is 9.46 Å². The summed E-state index contributed by atoms with van der Waals surface area (Å²) in [4.78, 5) is 11.1. The van der Waals surface area contributed by atoms with Gasteiger partial charge in [-0.1, -0.05) is 0 Å². The molecule has 1 unspecified atom stereocenters. The molecule has 2 N–H and O–H groups in total. The van der Waals surface area contributed by atoms with Crippen molar-refractivity contribution in [3.05, 3.63) is 22.7 Å². The number of nitrogens with one attached hydrogen (secondary N) is 1. The van der Waals surface area contributed by atoms with Crippen molar-refractivity contribution < 1.29 is 23.1 Å². The molecule has 20 heavy (non-hydrogen) atoms. The normalized spacial score (nSPS) is 16.7. The van der Waals surface area contributed by atoms with E-state index in [-0.39, 0.29) is 10.8 Å². The van der Waals surface area contributed by atoms with Crippen LogP contribution in [0.5, 0.6) is 5.75 Å². The fourth-order valence-electron chi connectivity index (χ4n) is 1.83. The average molecular weight is 364 g/mol. The van der Waals surface area contributed by atoms with Crippen LogP contribution in [0.25, 0.3) is 0 Å². The van der Waals surface area contributed by atoms with Crippen LogP contribution >= 0.6 is 15.9 Å². The number of sulfonamides is 1. The number of carboxylic acids is 1. The number of rotatable bonds is 6. The van der Waals surface area contributed by atoms with Gasteiger partial charge >= 0.3 is 5.97 Å². The van der Waals surface area contributed by atoms with Gasteiger partial charge in [-0.3, -0.25) is 4.79 Å². The Bertz CT molecular complexity index is 627. The van der Waals surface area contributed by atoms with Crippen LogP contribution in [0.1, 0.15) is 12.8 Å². The van der Waals surface area contributed by atoms with E-state index in [2.05, 4.69) is 20.7 Å². The van der Waals surface area contributed by atoms with Crippen molar-refractivity contribution in [2.24, 2.45) is 5.92 Å². The monoisotopic (exact) mass is 363 g/mol. The molecule has 0 aliphatic heterocycles. The smallest absolute Gasteiger partial charge is 0.322 e. The molecule has 1 fully saturated rings. The van der Waals surface area contributed by atoms with Crippen molar-refractivity contribution in [1.29, 1.82) is 0 Å². The van der Waals surface area contributed by atoms with E-state index < -0.39 is 22.0 Å². The molecule has 1 atom stereocenters. The topological polar surface area (TPSA) is 92.7 Å². The lowest BCUT2D eigenvalue weighted by Gasteiger charge is -2.14. The Balaban J connectivity index is 2.25. The van der Waals surface area contributed by atoms with Crippen molar-refractivity contribution in [3.8, 4) is 5.75 Å². The minimum Gasteiger partial charge on any atom is -0.496 e. The van der Waals surface area contributed by atoms with Gasteiger partial charge in [0.05, 0.1) is 16.5 Å². The number of ether oxygens (including phenoxy) is 1. The summed E-state index contributed by atoms with van der Waals surface area (Å²) in [6.07, 6.45) is 1.46. The first-order valence-electron chi connectivity index (χ1n) is 5.94. The highest BCUT2D eigenvalue weighted by molar-refractivity contribution is 9.10. The number of benzene rings is 1. The van der Waals surface area contributed by atoms with E-state index >= 15 is 0 Å². The molecule has 0 heterocycles. The molecule has 8 heteroatoms. The standard InChI is InChI=1S/C12H14BrNO5S/c1-19-10-5-4-8(6-9(10)13)20(17,18)14-11(12(15)16)7-2-3-7/h4-7,11,14H,2-3H2,1H3,(H,15,16). The summed E-state index contributed by atoms with van der Waals surface area (Å²) in [6.45, 7) is 0. The summed E-state index contributed by atoms with van der Waals surface area (Å²) in [5.74, 6) is -0.770. The Morgan fingerprint density at radius 1 is 1.50 bits per heavy atom. The maximum Gasteiger partial charge on any atom is 0.322 e. The third-order valence-corrected chi connectivity index (χ3v) is 5.13. The largest absolute Gasteiger partial charge is 0.496 e. The molecule has 1 aromatic rings. The van der Waals surface area contributed by atoms with Gasteiger partial charge in [0.2, 0.25) is 10.0 Å². The SMILES string of the molecule is COc1ccc(S(=O)(=O)NC(C(=O)O)C2CC2)cc1Br. The Kier molecular flexibility index (Phi) is 4.36. The molecule has 1 aliphatic carbocycles. The molecule has 110 valence electrons. The molecule has 1 saturated carbocycles. The molecule has 0 amide bonds. The van der Waals surface area contributed by atoms with Gasteiger partial charge in [0.15, 0.2) is 0 Å². The van der Waals surface area contributed by atoms with Gasteiger partial charge in [0.25, 0.3) is 0 Å². The first-order chi connectivity index (χ1) is 9.35. The van der Waals surface area contributed by atoms with E-state index in [0.717, 1.165) is 12.8 Å².